The summed E-state index contributed by atoms with van der Waals surface area (Å²) in [4.78, 5) is 12.4. The van der Waals surface area contributed by atoms with Crippen LogP contribution in [0, 0.1) is 0 Å². The number of benzene rings is 1. The molecular formula is C11H11NO2. The molecule has 1 aliphatic heterocycles. The van der Waals surface area contributed by atoms with Crippen molar-refractivity contribution < 1.29 is 9.53 Å². The molecule has 0 aromatic heterocycles. The van der Waals surface area contributed by atoms with Gasteiger partial charge in [0.25, 0.3) is 6.47 Å². The fourth-order valence-electron chi connectivity index (χ4n) is 1.61. The van der Waals surface area contributed by atoms with Crippen LogP contribution in [-0.4, -0.2) is 20.1 Å². The van der Waals surface area contributed by atoms with Crippen LogP contribution in [-0.2, 0) is 9.53 Å². The summed E-state index contributed by atoms with van der Waals surface area (Å²) in [6, 6.07) is 7.86. The Labute approximate surface area is 82.6 Å². The van der Waals surface area contributed by atoms with Crippen molar-refractivity contribution in [2.75, 3.05) is 18.5 Å². The lowest BCUT2D eigenvalue weighted by molar-refractivity contribution is -0.122. The Balaban J connectivity index is 2.45. The van der Waals surface area contributed by atoms with Crippen LogP contribution in [0.25, 0.3) is 5.76 Å². The Morgan fingerprint density at radius 1 is 1.43 bits per heavy atom. The van der Waals surface area contributed by atoms with E-state index >= 15 is 0 Å². The summed E-state index contributed by atoms with van der Waals surface area (Å²) in [5, 5.41) is 0. The minimum atomic E-state index is 0.466. The summed E-state index contributed by atoms with van der Waals surface area (Å²) in [7, 11) is 2.01. The molecule has 0 atom stereocenters. The molecule has 3 heteroatoms. The first-order valence-corrected chi connectivity index (χ1v) is 4.44. The molecule has 1 aliphatic rings. The zero-order valence-electron chi connectivity index (χ0n) is 7.93. The molecule has 0 bridgehead atoms. The molecule has 72 valence electrons. The van der Waals surface area contributed by atoms with Gasteiger partial charge in [-0.05, 0) is 18.2 Å². The smallest absolute Gasteiger partial charge is 0.298 e. The zero-order chi connectivity index (χ0) is 9.97. The van der Waals surface area contributed by atoms with E-state index in [0.717, 1.165) is 17.8 Å². The number of hydrogen-bond acceptors (Lipinski definition) is 3. The Hall–Kier alpha value is -1.77. The van der Waals surface area contributed by atoms with Gasteiger partial charge in [-0.2, -0.15) is 0 Å². The molecule has 0 spiro atoms. The van der Waals surface area contributed by atoms with Gasteiger partial charge in [0.2, 0.25) is 0 Å². The number of hydrogen-bond donors (Lipinski definition) is 0. The molecule has 1 aromatic carbocycles. The number of carbonyl (C=O) groups excluding carboxylic acids is 1. The van der Waals surface area contributed by atoms with Crippen molar-refractivity contribution in [2.24, 2.45) is 0 Å². The van der Waals surface area contributed by atoms with E-state index in [9.17, 15) is 4.79 Å². The summed E-state index contributed by atoms with van der Waals surface area (Å²) in [6.07, 6.45) is 1.90. The molecule has 0 amide bonds. The van der Waals surface area contributed by atoms with E-state index in [1.54, 1.807) is 0 Å². The second-order valence-corrected chi connectivity index (χ2v) is 3.18. The van der Waals surface area contributed by atoms with Gasteiger partial charge >= 0.3 is 0 Å². The van der Waals surface area contributed by atoms with Gasteiger partial charge in [-0.3, -0.25) is 4.79 Å². The van der Waals surface area contributed by atoms with Crippen molar-refractivity contribution in [1.29, 1.82) is 0 Å². The number of fused-ring (bicyclic) bond motifs is 1. The van der Waals surface area contributed by atoms with Crippen LogP contribution in [0.5, 0.6) is 0 Å². The summed E-state index contributed by atoms with van der Waals surface area (Å²) in [5.74, 6) is 0.647. The van der Waals surface area contributed by atoms with Crippen molar-refractivity contribution in [3.63, 3.8) is 0 Å². The maximum Gasteiger partial charge on any atom is 0.298 e. The summed E-state index contributed by atoms with van der Waals surface area (Å²) in [6.45, 7) is 1.23. The molecule has 1 aromatic rings. The number of carbonyl (C=O) groups is 1. The lowest BCUT2D eigenvalue weighted by atomic mass is 10.1. The first-order chi connectivity index (χ1) is 6.83. The first kappa shape index (κ1) is 8.81. The predicted octanol–water partition coefficient (Wildman–Crippen LogP) is 1.65. The van der Waals surface area contributed by atoms with Gasteiger partial charge in [-0.1, -0.05) is 12.1 Å². The van der Waals surface area contributed by atoms with E-state index in [4.69, 9.17) is 4.74 Å². The summed E-state index contributed by atoms with van der Waals surface area (Å²) in [5.41, 5.74) is 2.06. The zero-order valence-corrected chi connectivity index (χ0v) is 7.93. The normalized spacial score (nSPS) is 14.4. The quantitative estimate of drug-likeness (QED) is 0.662. The molecule has 0 N–H and O–H groups in total. The monoisotopic (exact) mass is 189 g/mol. The lowest BCUT2D eigenvalue weighted by Gasteiger charge is -2.25. The van der Waals surface area contributed by atoms with Crippen molar-refractivity contribution in [1.82, 2.24) is 0 Å². The number of anilines is 1. The highest BCUT2D eigenvalue weighted by Gasteiger charge is 2.15. The van der Waals surface area contributed by atoms with Crippen LogP contribution in [0.1, 0.15) is 5.56 Å². The van der Waals surface area contributed by atoms with Gasteiger partial charge in [0, 0.05) is 24.8 Å². The molecule has 1 heterocycles. The van der Waals surface area contributed by atoms with Gasteiger partial charge < -0.3 is 9.64 Å². The van der Waals surface area contributed by atoms with Crippen molar-refractivity contribution in [3.05, 3.63) is 35.9 Å². The number of ether oxygens (including phenoxy) is 1. The average Bonchev–Trinajstić information content (AvgIpc) is 2.23. The average molecular weight is 189 g/mol. The van der Waals surface area contributed by atoms with Gasteiger partial charge in [-0.15, -0.1) is 0 Å². The predicted molar refractivity (Wildman–Crippen MR) is 54.8 cm³/mol. The molecule has 0 fully saturated rings. The standard InChI is InChI=1S/C11H11NO2/c1-12-7-6-11(14-8-13)9-4-2-3-5-10(9)12/h2-6,8H,7H2,1H3. The van der Waals surface area contributed by atoms with Gasteiger partial charge in [0.15, 0.2) is 0 Å². The largest absolute Gasteiger partial charge is 0.428 e. The molecule has 3 nitrogen and oxygen atoms in total. The van der Waals surface area contributed by atoms with Gasteiger partial charge in [-0.25, -0.2) is 0 Å². The summed E-state index contributed by atoms with van der Waals surface area (Å²) < 4.78 is 4.91. The number of para-hydroxylation sites is 1. The Morgan fingerprint density at radius 2 is 2.21 bits per heavy atom. The molecule has 0 saturated carbocycles. The Morgan fingerprint density at radius 3 is 3.00 bits per heavy atom. The van der Waals surface area contributed by atoms with Crippen LogP contribution in [0.3, 0.4) is 0 Å². The third-order valence-corrected chi connectivity index (χ3v) is 2.31. The van der Waals surface area contributed by atoms with Crippen molar-refractivity contribution in [2.45, 2.75) is 0 Å². The molecule has 0 radical (unpaired) electrons. The second kappa shape index (κ2) is 3.54. The SMILES string of the molecule is CN1CC=C(OC=O)c2ccccc21. The third kappa shape index (κ3) is 1.37. The Bertz CT molecular complexity index is 385. The number of likely N-dealkylation sites (N-methyl/N-ethyl adjacent to an activating group) is 1. The van der Waals surface area contributed by atoms with E-state index < -0.39 is 0 Å². The van der Waals surface area contributed by atoms with Gasteiger partial charge in [0.1, 0.15) is 5.76 Å². The van der Waals surface area contributed by atoms with Crippen LogP contribution < -0.4 is 4.90 Å². The van der Waals surface area contributed by atoms with Crippen molar-refractivity contribution in [3.8, 4) is 0 Å². The van der Waals surface area contributed by atoms with E-state index in [0.29, 0.717) is 12.2 Å². The van der Waals surface area contributed by atoms with Crippen LogP contribution in [0.2, 0.25) is 0 Å². The fraction of sp³-hybridized carbons (Fsp3) is 0.182. The molecular weight excluding hydrogens is 178 g/mol. The van der Waals surface area contributed by atoms with Crippen LogP contribution >= 0.6 is 0 Å². The molecule has 2 rings (SSSR count). The molecule has 0 unspecified atom stereocenters. The minimum absolute atomic E-state index is 0.466. The van der Waals surface area contributed by atoms with Gasteiger partial charge in [0.05, 0.1) is 0 Å². The third-order valence-electron chi connectivity index (χ3n) is 2.31. The molecule has 0 saturated heterocycles. The highest BCUT2D eigenvalue weighted by atomic mass is 16.5. The topological polar surface area (TPSA) is 29.5 Å². The Kier molecular flexibility index (Phi) is 2.23. The number of rotatable bonds is 2. The minimum Gasteiger partial charge on any atom is -0.428 e. The molecule has 14 heavy (non-hydrogen) atoms. The van der Waals surface area contributed by atoms with E-state index in [-0.39, 0.29) is 0 Å². The fourth-order valence-corrected chi connectivity index (χ4v) is 1.61. The van der Waals surface area contributed by atoms with E-state index in [2.05, 4.69) is 4.90 Å². The first-order valence-electron chi connectivity index (χ1n) is 4.44. The highest BCUT2D eigenvalue weighted by molar-refractivity contribution is 5.78. The summed E-state index contributed by atoms with van der Waals surface area (Å²) >= 11 is 0. The van der Waals surface area contributed by atoms with E-state index in [1.807, 2.05) is 37.4 Å². The van der Waals surface area contributed by atoms with Crippen LogP contribution in [0.4, 0.5) is 5.69 Å². The van der Waals surface area contributed by atoms with Crippen molar-refractivity contribution >= 4 is 17.9 Å². The second-order valence-electron chi connectivity index (χ2n) is 3.18. The maximum absolute atomic E-state index is 10.3. The number of nitrogens with zero attached hydrogens (tertiary/aromatic N) is 1. The lowest BCUT2D eigenvalue weighted by Crippen LogP contribution is -2.22. The molecule has 0 aliphatic carbocycles. The van der Waals surface area contributed by atoms with Crippen LogP contribution in [0.15, 0.2) is 30.3 Å². The van der Waals surface area contributed by atoms with E-state index in [1.165, 1.54) is 0 Å². The highest BCUT2D eigenvalue weighted by Crippen LogP contribution is 2.30. The maximum atomic E-state index is 10.3.